The van der Waals surface area contributed by atoms with Gasteiger partial charge in [-0.15, -0.1) is 0 Å². The summed E-state index contributed by atoms with van der Waals surface area (Å²) in [5.41, 5.74) is 0.649. The number of carbonyl (C=O) groups excluding carboxylic acids is 1. The maximum atomic E-state index is 12.4. The lowest BCUT2D eigenvalue weighted by atomic mass is 10.1. The van der Waals surface area contributed by atoms with Gasteiger partial charge in [0.1, 0.15) is 5.82 Å². The molecule has 1 aliphatic heterocycles. The van der Waals surface area contributed by atoms with Crippen molar-refractivity contribution in [1.82, 2.24) is 15.2 Å². The first kappa shape index (κ1) is 27.6. The molecule has 2 rings (SSSR count). The number of amides is 1. The molecule has 1 amide bonds. The fourth-order valence-corrected chi connectivity index (χ4v) is 4.48. The van der Waals surface area contributed by atoms with Crippen LogP contribution in [0, 0.1) is 0 Å². The van der Waals surface area contributed by atoms with Gasteiger partial charge in [0.2, 0.25) is 0 Å². The molecule has 2 heterocycles. The number of hydrogen-bond donors (Lipinski definition) is 2. The molecule has 33 heavy (non-hydrogen) atoms. The number of nitrogens with zero attached hydrogens (tertiary/aromatic N) is 3. The number of anilines is 1. The van der Waals surface area contributed by atoms with Crippen LogP contribution in [-0.4, -0.2) is 66.3 Å². The first-order valence-corrected chi connectivity index (χ1v) is 13.5. The van der Waals surface area contributed by atoms with Gasteiger partial charge in [0.15, 0.2) is 0 Å². The predicted octanol–water partition coefficient (Wildman–Crippen LogP) is 5.02. The maximum Gasteiger partial charge on any atom is 0.252 e. The van der Waals surface area contributed by atoms with E-state index in [1.165, 1.54) is 64.2 Å². The Kier molecular flexibility index (Phi) is 14.1. The van der Waals surface area contributed by atoms with E-state index in [1.54, 1.807) is 6.20 Å². The Morgan fingerprint density at radius 3 is 1.91 bits per heavy atom. The first-order chi connectivity index (χ1) is 16.1. The van der Waals surface area contributed by atoms with E-state index in [4.69, 9.17) is 5.11 Å². The molecule has 0 spiro atoms. The number of rotatable bonds is 17. The molecule has 0 aliphatic carbocycles. The van der Waals surface area contributed by atoms with Crippen molar-refractivity contribution in [1.29, 1.82) is 0 Å². The monoisotopic (exact) mass is 460 g/mol. The van der Waals surface area contributed by atoms with Gasteiger partial charge >= 0.3 is 0 Å². The summed E-state index contributed by atoms with van der Waals surface area (Å²) < 4.78 is 0. The Morgan fingerprint density at radius 1 is 0.879 bits per heavy atom. The van der Waals surface area contributed by atoms with Crippen LogP contribution in [0.3, 0.4) is 0 Å². The summed E-state index contributed by atoms with van der Waals surface area (Å²) in [7, 11) is 0. The van der Waals surface area contributed by atoms with Crippen LogP contribution in [-0.2, 0) is 0 Å². The number of aromatic nitrogens is 1. The summed E-state index contributed by atoms with van der Waals surface area (Å²) in [5, 5.41) is 11.8. The minimum atomic E-state index is -0.0161. The van der Waals surface area contributed by atoms with Crippen LogP contribution in [0.2, 0.25) is 0 Å². The Hall–Kier alpha value is -1.66. The zero-order valence-corrected chi connectivity index (χ0v) is 21.2. The van der Waals surface area contributed by atoms with Crippen molar-refractivity contribution in [2.45, 2.75) is 96.9 Å². The molecule has 0 bridgehead atoms. The van der Waals surface area contributed by atoms with Gasteiger partial charge in [0.25, 0.3) is 5.91 Å². The van der Waals surface area contributed by atoms with E-state index in [9.17, 15) is 4.79 Å². The number of unbranched alkanes of at least 4 members (excludes halogenated alkanes) is 11. The molecule has 1 aromatic rings. The highest BCUT2D eigenvalue weighted by Crippen LogP contribution is 2.15. The molecular formula is C27H48N4O2. The first-order valence-electron chi connectivity index (χ1n) is 13.5. The molecule has 1 aliphatic rings. The van der Waals surface area contributed by atoms with Crippen molar-refractivity contribution in [3.63, 3.8) is 0 Å². The molecule has 0 atom stereocenters. The third kappa shape index (κ3) is 11.3. The number of nitrogens with one attached hydrogen (secondary N) is 1. The number of aliphatic hydroxyl groups is 1. The number of hydrogen-bond acceptors (Lipinski definition) is 5. The summed E-state index contributed by atoms with van der Waals surface area (Å²) in [6.07, 6.45) is 16.6. The molecule has 0 unspecified atom stereocenters. The van der Waals surface area contributed by atoms with Gasteiger partial charge < -0.3 is 15.3 Å². The van der Waals surface area contributed by atoms with E-state index in [0.717, 1.165) is 51.4 Å². The van der Waals surface area contributed by atoms with E-state index in [-0.39, 0.29) is 5.91 Å². The van der Waals surface area contributed by atoms with Gasteiger partial charge in [0.05, 0.1) is 5.56 Å². The molecule has 2 N–H and O–H groups in total. The van der Waals surface area contributed by atoms with Gasteiger partial charge in [-0.25, -0.2) is 4.98 Å². The van der Waals surface area contributed by atoms with Crippen LogP contribution >= 0.6 is 0 Å². The smallest absolute Gasteiger partial charge is 0.252 e. The second-order valence-corrected chi connectivity index (χ2v) is 9.74. The van der Waals surface area contributed by atoms with Crippen LogP contribution in [0.15, 0.2) is 18.3 Å². The molecule has 0 saturated carbocycles. The average molecular weight is 461 g/mol. The van der Waals surface area contributed by atoms with E-state index in [1.807, 2.05) is 12.1 Å². The SMILES string of the molecule is CC(C)N1CCN(c2ccc(C(=O)NCCCCCCCCCCCCCCO)cn2)CC1. The Labute approximate surface area is 202 Å². The Bertz CT molecular complexity index is 628. The number of aliphatic hydroxyl groups excluding tert-OH is 1. The molecular weight excluding hydrogens is 412 g/mol. The zero-order valence-electron chi connectivity index (χ0n) is 21.2. The summed E-state index contributed by atoms with van der Waals surface area (Å²) in [6.45, 7) is 9.67. The topological polar surface area (TPSA) is 68.7 Å². The minimum absolute atomic E-state index is 0.0161. The summed E-state index contributed by atoms with van der Waals surface area (Å²) in [4.78, 5) is 21.7. The molecule has 6 nitrogen and oxygen atoms in total. The highest BCUT2D eigenvalue weighted by atomic mass is 16.2. The normalized spacial score (nSPS) is 14.7. The van der Waals surface area contributed by atoms with Gasteiger partial charge in [-0.05, 0) is 38.8 Å². The highest BCUT2D eigenvalue weighted by Gasteiger charge is 2.19. The van der Waals surface area contributed by atoms with Crippen molar-refractivity contribution in [3.05, 3.63) is 23.9 Å². The van der Waals surface area contributed by atoms with Crippen LogP contribution in [0.5, 0.6) is 0 Å². The van der Waals surface area contributed by atoms with Gasteiger partial charge in [-0.1, -0.05) is 64.2 Å². The van der Waals surface area contributed by atoms with E-state index in [0.29, 0.717) is 18.2 Å². The van der Waals surface area contributed by atoms with Crippen molar-refractivity contribution in [2.75, 3.05) is 44.2 Å². The zero-order chi connectivity index (χ0) is 23.7. The Balaban J connectivity index is 1.47. The predicted molar refractivity (Wildman–Crippen MR) is 138 cm³/mol. The lowest BCUT2D eigenvalue weighted by molar-refractivity contribution is 0.0952. The van der Waals surface area contributed by atoms with E-state index in [2.05, 4.69) is 33.9 Å². The van der Waals surface area contributed by atoms with Crippen molar-refractivity contribution in [2.24, 2.45) is 0 Å². The van der Waals surface area contributed by atoms with Crippen molar-refractivity contribution < 1.29 is 9.90 Å². The summed E-state index contributed by atoms with van der Waals surface area (Å²) in [5.74, 6) is 0.953. The van der Waals surface area contributed by atoms with E-state index >= 15 is 0 Å². The fraction of sp³-hybridized carbons (Fsp3) is 0.778. The Morgan fingerprint density at radius 2 is 1.42 bits per heavy atom. The standard InChI is InChI=1S/C27H48N4O2/c1-24(2)30-18-20-31(21-19-30)26-16-15-25(23-29-26)27(33)28-17-13-11-9-7-5-3-4-6-8-10-12-14-22-32/h15-16,23-24,32H,3-14,17-22H2,1-2H3,(H,28,33). The number of piperazine rings is 1. The van der Waals surface area contributed by atoms with Gasteiger partial charge in [-0.3, -0.25) is 9.69 Å². The summed E-state index contributed by atoms with van der Waals surface area (Å²) >= 11 is 0. The number of pyridine rings is 1. The van der Waals surface area contributed by atoms with Crippen molar-refractivity contribution >= 4 is 11.7 Å². The molecule has 1 fully saturated rings. The van der Waals surface area contributed by atoms with Gasteiger partial charge in [0, 0.05) is 51.6 Å². The maximum absolute atomic E-state index is 12.4. The largest absolute Gasteiger partial charge is 0.396 e. The molecule has 6 heteroatoms. The molecule has 1 saturated heterocycles. The van der Waals surface area contributed by atoms with Crippen LogP contribution in [0.1, 0.15) is 101 Å². The molecule has 188 valence electrons. The molecule has 1 aromatic heterocycles. The molecule has 0 radical (unpaired) electrons. The second-order valence-electron chi connectivity index (χ2n) is 9.74. The third-order valence-electron chi connectivity index (χ3n) is 6.75. The second kappa shape index (κ2) is 16.9. The van der Waals surface area contributed by atoms with E-state index < -0.39 is 0 Å². The van der Waals surface area contributed by atoms with Crippen LogP contribution in [0.25, 0.3) is 0 Å². The highest BCUT2D eigenvalue weighted by molar-refractivity contribution is 5.94. The number of carbonyl (C=O) groups is 1. The fourth-order valence-electron chi connectivity index (χ4n) is 4.48. The lowest BCUT2D eigenvalue weighted by Gasteiger charge is -2.37. The summed E-state index contributed by atoms with van der Waals surface area (Å²) in [6, 6.07) is 4.48. The lowest BCUT2D eigenvalue weighted by Crippen LogP contribution is -2.49. The molecule has 0 aromatic carbocycles. The van der Waals surface area contributed by atoms with Crippen molar-refractivity contribution in [3.8, 4) is 0 Å². The minimum Gasteiger partial charge on any atom is -0.396 e. The quantitative estimate of drug-likeness (QED) is 0.320. The van der Waals surface area contributed by atoms with Crippen LogP contribution < -0.4 is 10.2 Å². The average Bonchev–Trinajstić information content (AvgIpc) is 2.84. The van der Waals surface area contributed by atoms with Crippen LogP contribution in [0.4, 0.5) is 5.82 Å². The third-order valence-corrected chi connectivity index (χ3v) is 6.75. The van der Waals surface area contributed by atoms with Gasteiger partial charge in [-0.2, -0.15) is 0 Å².